The van der Waals surface area contributed by atoms with Crippen LogP contribution in [0.1, 0.15) is 0 Å². The number of nitrogens with zero attached hydrogens (tertiary/aromatic N) is 2. The van der Waals surface area contributed by atoms with Crippen molar-refractivity contribution in [2.45, 2.75) is 6.36 Å². The maximum absolute atomic E-state index is 12.2. The Hall–Kier alpha value is -2.90. The number of pyridine rings is 1. The highest BCUT2D eigenvalue weighted by atomic mass is 19.4. The number of hydrogen-bond donors (Lipinski definition) is 1. The predicted molar refractivity (Wildman–Crippen MR) is 72.3 cm³/mol. The van der Waals surface area contributed by atoms with Crippen LogP contribution in [0.5, 0.6) is 5.75 Å². The lowest BCUT2D eigenvalue weighted by Crippen LogP contribution is -2.17. The van der Waals surface area contributed by atoms with Crippen LogP contribution >= 0.6 is 0 Å². The van der Waals surface area contributed by atoms with Gasteiger partial charge in [-0.2, -0.15) is 0 Å². The highest BCUT2D eigenvalue weighted by Gasteiger charge is 2.31. The molecular weight excluding hydrogens is 299 g/mol. The number of ether oxygens (including phenoxy) is 1. The number of benzene rings is 1. The van der Waals surface area contributed by atoms with Gasteiger partial charge in [-0.3, -0.25) is 9.78 Å². The van der Waals surface area contributed by atoms with Crippen LogP contribution in [0.2, 0.25) is 0 Å². The SMILES string of the molecule is O=c1[nH]c(-c2ccncc2)nc2ccc(OC(F)(F)F)cc12. The predicted octanol–water partition coefficient (Wildman–Crippen LogP) is 2.88. The zero-order chi connectivity index (χ0) is 15.7. The second kappa shape index (κ2) is 5.14. The molecule has 0 aliphatic heterocycles. The van der Waals surface area contributed by atoms with Crippen molar-refractivity contribution in [3.63, 3.8) is 0 Å². The number of rotatable bonds is 2. The number of aromatic nitrogens is 3. The molecule has 0 spiro atoms. The Balaban J connectivity index is 2.09. The zero-order valence-electron chi connectivity index (χ0n) is 10.9. The number of H-pyrrole nitrogens is 1. The molecule has 0 bridgehead atoms. The van der Waals surface area contributed by atoms with Crippen LogP contribution in [0, 0.1) is 0 Å². The van der Waals surface area contributed by atoms with Gasteiger partial charge in [-0.1, -0.05) is 0 Å². The molecule has 0 aliphatic carbocycles. The lowest BCUT2D eigenvalue weighted by molar-refractivity contribution is -0.274. The van der Waals surface area contributed by atoms with Crippen molar-refractivity contribution in [1.29, 1.82) is 0 Å². The van der Waals surface area contributed by atoms with Gasteiger partial charge in [0.1, 0.15) is 11.6 Å². The largest absolute Gasteiger partial charge is 0.573 e. The Kier molecular flexibility index (Phi) is 3.28. The summed E-state index contributed by atoms with van der Waals surface area (Å²) < 4.78 is 40.4. The number of hydrogen-bond acceptors (Lipinski definition) is 4. The van der Waals surface area contributed by atoms with Crippen molar-refractivity contribution in [3.8, 4) is 17.1 Å². The smallest absolute Gasteiger partial charge is 0.406 e. The molecule has 0 unspecified atom stereocenters. The van der Waals surface area contributed by atoms with Crippen molar-refractivity contribution in [2.24, 2.45) is 0 Å². The van der Waals surface area contributed by atoms with Crippen molar-refractivity contribution < 1.29 is 17.9 Å². The number of halogens is 3. The second-order valence-electron chi connectivity index (χ2n) is 4.38. The topological polar surface area (TPSA) is 67.9 Å². The van der Waals surface area contributed by atoms with E-state index < -0.39 is 17.7 Å². The van der Waals surface area contributed by atoms with Gasteiger partial charge in [0.2, 0.25) is 0 Å². The number of aromatic amines is 1. The standard InChI is InChI=1S/C14H8F3N3O2/c15-14(16,17)22-9-1-2-11-10(7-9)13(21)20-12(19-11)8-3-5-18-6-4-8/h1-7H,(H,19,20,21). The molecule has 22 heavy (non-hydrogen) atoms. The molecule has 3 rings (SSSR count). The van der Waals surface area contributed by atoms with E-state index in [1.165, 1.54) is 6.07 Å². The van der Waals surface area contributed by atoms with Gasteiger partial charge in [-0.05, 0) is 30.3 Å². The molecule has 0 amide bonds. The van der Waals surface area contributed by atoms with Crippen molar-refractivity contribution in [2.75, 3.05) is 0 Å². The van der Waals surface area contributed by atoms with E-state index in [9.17, 15) is 18.0 Å². The third kappa shape index (κ3) is 2.90. The van der Waals surface area contributed by atoms with Crippen LogP contribution < -0.4 is 10.3 Å². The molecule has 8 heteroatoms. The normalized spacial score (nSPS) is 11.6. The van der Waals surface area contributed by atoms with Crippen LogP contribution in [-0.2, 0) is 0 Å². The summed E-state index contributed by atoms with van der Waals surface area (Å²) in [7, 11) is 0. The molecule has 0 radical (unpaired) electrons. The monoisotopic (exact) mass is 307 g/mol. The van der Waals surface area contributed by atoms with Crippen LogP contribution in [0.3, 0.4) is 0 Å². The molecule has 2 heterocycles. The molecule has 0 aliphatic rings. The summed E-state index contributed by atoms with van der Waals surface area (Å²) in [4.78, 5) is 22.7. The molecule has 0 saturated heterocycles. The summed E-state index contributed by atoms with van der Waals surface area (Å²) in [6.45, 7) is 0. The molecule has 1 N–H and O–H groups in total. The third-order valence-electron chi connectivity index (χ3n) is 2.86. The van der Waals surface area contributed by atoms with E-state index >= 15 is 0 Å². The lowest BCUT2D eigenvalue weighted by Gasteiger charge is -2.09. The van der Waals surface area contributed by atoms with E-state index in [2.05, 4.69) is 19.7 Å². The van der Waals surface area contributed by atoms with Gasteiger partial charge in [-0.15, -0.1) is 13.2 Å². The molecule has 0 atom stereocenters. The highest BCUT2D eigenvalue weighted by molar-refractivity contribution is 5.80. The van der Waals surface area contributed by atoms with Crippen molar-refractivity contribution >= 4 is 10.9 Å². The summed E-state index contributed by atoms with van der Waals surface area (Å²) in [5.74, 6) is -0.159. The van der Waals surface area contributed by atoms with Crippen LogP contribution in [0.25, 0.3) is 22.3 Å². The second-order valence-corrected chi connectivity index (χ2v) is 4.38. The van der Waals surface area contributed by atoms with Crippen molar-refractivity contribution in [3.05, 3.63) is 53.1 Å². The van der Waals surface area contributed by atoms with Gasteiger partial charge in [0.15, 0.2) is 0 Å². The van der Waals surface area contributed by atoms with Gasteiger partial charge >= 0.3 is 6.36 Å². The van der Waals surface area contributed by atoms with E-state index in [1.54, 1.807) is 24.5 Å². The number of fused-ring (bicyclic) bond motifs is 1. The van der Waals surface area contributed by atoms with Crippen LogP contribution in [-0.4, -0.2) is 21.3 Å². The molecule has 2 aromatic heterocycles. The first-order valence-corrected chi connectivity index (χ1v) is 6.12. The molecule has 1 aromatic carbocycles. The van der Waals surface area contributed by atoms with Gasteiger partial charge < -0.3 is 9.72 Å². The quantitative estimate of drug-likeness (QED) is 0.790. The average Bonchev–Trinajstić information content (AvgIpc) is 2.47. The Morgan fingerprint density at radius 2 is 1.82 bits per heavy atom. The Morgan fingerprint density at radius 3 is 2.50 bits per heavy atom. The highest BCUT2D eigenvalue weighted by Crippen LogP contribution is 2.25. The Bertz CT molecular complexity index is 876. The molecule has 5 nitrogen and oxygen atoms in total. The third-order valence-corrected chi connectivity index (χ3v) is 2.86. The number of nitrogens with one attached hydrogen (secondary N) is 1. The summed E-state index contributed by atoms with van der Waals surface area (Å²) >= 11 is 0. The van der Waals surface area contributed by atoms with E-state index in [1.807, 2.05) is 0 Å². The Labute approximate surface area is 121 Å². The van der Waals surface area contributed by atoms with Gasteiger partial charge in [-0.25, -0.2) is 4.98 Å². The number of alkyl halides is 3. The fourth-order valence-corrected chi connectivity index (χ4v) is 1.96. The van der Waals surface area contributed by atoms with Crippen molar-refractivity contribution in [1.82, 2.24) is 15.0 Å². The minimum atomic E-state index is -4.81. The first-order chi connectivity index (χ1) is 10.4. The lowest BCUT2D eigenvalue weighted by atomic mass is 10.2. The van der Waals surface area contributed by atoms with Gasteiger partial charge in [0, 0.05) is 18.0 Å². The molecular formula is C14H8F3N3O2. The van der Waals surface area contributed by atoms with Crippen LogP contribution in [0.4, 0.5) is 13.2 Å². The van der Waals surface area contributed by atoms with Crippen LogP contribution in [0.15, 0.2) is 47.5 Å². The molecule has 112 valence electrons. The summed E-state index contributed by atoms with van der Waals surface area (Å²) in [5.41, 5.74) is 0.360. The molecule has 3 aromatic rings. The van der Waals surface area contributed by atoms with E-state index in [0.717, 1.165) is 12.1 Å². The molecule has 0 fully saturated rings. The fourth-order valence-electron chi connectivity index (χ4n) is 1.96. The fraction of sp³-hybridized carbons (Fsp3) is 0.0714. The first-order valence-electron chi connectivity index (χ1n) is 6.12. The van der Waals surface area contributed by atoms with E-state index in [0.29, 0.717) is 11.4 Å². The minimum Gasteiger partial charge on any atom is -0.406 e. The van der Waals surface area contributed by atoms with E-state index in [4.69, 9.17) is 0 Å². The minimum absolute atomic E-state index is 0.0135. The first kappa shape index (κ1) is 14.1. The summed E-state index contributed by atoms with van der Waals surface area (Å²) in [5, 5.41) is 0.0135. The van der Waals surface area contributed by atoms with Gasteiger partial charge in [0.25, 0.3) is 5.56 Å². The van der Waals surface area contributed by atoms with E-state index in [-0.39, 0.29) is 10.9 Å². The zero-order valence-corrected chi connectivity index (χ0v) is 10.9. The maximum atomic E-state index is 12.2. The maximum Gasteiger partial charge on any atom is 0.573 e. The van der Waals surface area contributed by atoms with Gasteiger partial charge in [0.05, 0.1) is 10.9 Å². The summed E-state index contributed by atoms with van der Waals surface area (Å²) in [6.07, 6.45) is -1.73. The Morgan fingerprint density at radius 1 is 1.09 bits per heavy atom. The molecule has 0 saturated carbocycles. The average molecular weight is 307 g/mol. The summed E-state index contributed by atoms with van der Waals surface area (Å²) in [6, 6.07) is 6.73.